The summed E-state index contributed by atoms with van der Waals surface area (Å²) in [4.78, 5) is 2.69. The molecule has 1 N–H and O–H groups in total. The van der Waals surface area contributed by atoms with Crippen LogP contribution in [0.5, 0.6) is 0 Å². The molecule has 2 fully saturated rings. The molecule has 0 bridgehead atoms. The molecule has 1 aliphatic carbocycles. The number of aryl methyl sites for hydroxylation is 2. The van der Waals surface area contributed by atoms with Crippen molar-refractivity contribution in [1.82, 2.24) is 10.2 Å². The Bertz CT molecular complexity index is 417. The Hall–Kier alpha value is -0.860. The number of piperazine rings is 1. The molecule has 1 saturated heterocycles. The van der Waals surface area contributed by atoms with Crippen molar-refractivity contribution in [2.24, 2.45) is 5.92 Å². The van der Waals surface area contributed by atoms with Crippen LogP contribution in [0.3, 0.4) is 0 Å². The first-order valence-electron chi connectivity index (χ1n) is 7.27. The molecule has 0 amide bonds. The zero-order valence-electron chi connectivity index (χ0n) is 11.6. The maximum Gasteiger partial charge on any atom is 0.0377 e. The molecule has 1 heterocycles. The van der Waals surface area contributed by atoms with Gasteiger partial charge in [0.25, 0.3) is 0 Å². The van der Waals surface area contributed by atoms with Crippen LogP contribution in [0.25, 0.3) is 0 Å². The SMILES string of the molecule is Cc1ccc(C(C2CC2)N2CCNCC2)cc1C. The second-order valence-electron chi connectivity index (χ2n) is 5.91. The quantitative estimate of drug-likeness (QED) is 0.879. The first-order valence-corrected chi connectivity index (χ1v) is 7.27. The average molecular weight is 244 g/mol. The van der Waals surface area contributed by atoms with E-state index < -0.39 is 0 Å². The van der Waals surface area contributed by atoms with E-state index in [9.17, 15) is 0 Å². The van der Waals surface area contributed by atoms with Gasteiger partial charge in [0.1, 0.15) is 0 Å². The van der Waals surface area contributed by atoms with Gasteiger partial charge in [-0.05, 0) is 49.3 Å². The van der Waals surface area contributed by atoms with Gasteiger partial charge in [0, 0.05) is 32.2 Å². The summed E-state index contributed by atoms with van der Waals surface area (Å²) >= 11 is 0. The van der Waals surface area contributed by atoms with Crippen molar-refractivity contribution >= 4 is 0 Å². The predicted molar refractivity (Wildman–Crippen MR) is 75.8 cm³/mol. The minimum absolute atomic E-state index is 0.673. The molecule has 2 nitrogen and oxygen atoms in total. The molecule has 0 radical (unpaired) electrons. The Morgan fingerprint density at radius 2 is 1.83 bits per heavy atom. The summed E-state index contributed by atoms with van der Waals surface area (Å²) < 4.78 is 0. The summed E-state index contributed by atoms with van der Waals surface area (Å²) in [6.07, 6.45) is 2.84. The first kappa shape index (κ1) is 12.2. The molecule has 1 aromatic carbocycles. The van der Waals surface area contributed by atoms with Gasteiger partial charge in [0.2, 0.25) is 0 Å². The maximum atomic E-state index is 3.46. The largest absolute Gasteiger partial charge is 0.314 e. The second-order valence-corrected chi connectivity index (χ2v) is 5.91. The third kappa shape index (κ3) is 2.45. The molecule has 2 heteroatoms. The highest BCUT2D eigenvalue weighted by atomic mass is 15.2. The first-order chi connectivity index (χ1) is 8.75. The van der Waals surface area contributed by atoms with Crippen LogP contribution >= 0.6 is 0 Å². The molecule has 1 aliphatic heterocycles. The third-order valence-corrected chi connectivity index (χ3v) is 4.49. The number of hydrogen-bond acceptors (Lipinski definition) is 2. The maximum absolute atomic E-state index is 3.46. The molecule has 18 heavy (non-hydrogen) atoms. The molecule has 0 aromatic heterocycles. The van der Waals surface area contributed by atoms with Crippen molar-refractivity contribution in [2.45, 2.75) is 32.7 Å². The van der Waals surface area contributed by atoms with Gasteiger partial charge < -0.3 is 5.32 Å². The van der Waals surface area contributed by atoms with Gasteiger partial charge in [0.15, 0.2) is 0 Å². The molecular weight excluding hydrogens is 220 g/mol. The summed E-state index contributed by atoms with van der Waals surface area (Å²) in [7, 11) is 0. The Labute approximate surface area is 110 Å². The van der Waals surface area contributed by atoms with E-state index >= 15 is 0 Å². The van der Waals surface area contributed by atoms with Gasteiger partial charge in [-0.15, -0.1) is 0 Å². The number of nitrogens with zero attached hydrogens (tertiary/aromatic N) is 1. The van der Waals surface area contributed by atoms with Gasteiger partial charge in [0.05, 0.1) is 0 Å². The van der Waals surface area contributed by atoms with Crippen molar-refractivity contribution < 1.29 is 0 Å². The Kier molecular flexibility index (Phi) is 3.40. The van der Waals surface area contributed by atoms with E-state index in [4.69, 9.17) is 0 Å². The van der Waals surface area contributed by atoms with Crippen LogP contribution in [-0.4, -0.2) is 31.1 Å². The van der Waals surface area contributed by atoms with Gasteiger partial charge >= 0.3 is 0 Å². The van der Waals surface area contributed by atoms with Crippen molar-refractivity contribution in [3.05, 3.63) is 34.9 Å². The molecular formula is C16H24N2. The topological polar surface area (TPSA) is 15.3 Å². The molecule has 1 unspecified atom stereocenters. The third-order valence-electron chi connectivity index (χ3n) is 4.49. The average Bonchev–Trinajstić information content (AvgIpc) is 3.20. The lowest BCUT2D eigenvalue weighted by Crippen LogP contribution is -2.45. The number of nitrogens with one attached hydrogen (secondary N) is 1. The van der Waals surface area contributed by atoms with Crippen LogP contribution in [0.1, 0.15) is 35.6 Å². The summed E-state index contributed by atoms with van der Waals surface area (Å²) in [5.74, 6) is 0.908. The highest BCUT2D eigenvalue weighted by Crippen LogP contribution is 2.44. The molecule has 0 spiro atoms. The predicted octanol–water partition coefficient (Wildman–Crippen LogP) is 2.66. The zero-order chi connectivity index (χ0) is 12.5. The number of rotatable bonds is 3. The zero-order valence-corrected chi connectivity index (χ0v) is 11.6. The fourth-order valence-corrected chi connectivity index (χ4v) is 3.10. The summed E-state index contributed by atoms with van der Waals surface area (Å²) in [5, 5.41) is 3.46. The lowest BCUT2D eigenvalue weighted by atomic mass is 9.96. The van der Waals surface area contributed by atoms with Crippen molar-refractivity contribution in [2.75, 3.05) is 26.2 Å². The molecule has 98 valence electrons. The minimum Gasteiger partial charge on any atom is -0.314 e. The van der Waals surface area contributed by atoms with Crippen LogP contribution in [0, 0.1) is 19.8 Å². The number of benzene rings is 1. The van der Waals surface area contributed by atoms with E-state index in [1.807, 2.05) is 0 Å². The minimum atomic E-state index is 0.673. The van der Waals surface area contributed by atoms with Crippen LogP contribution in [-0.2, 0) is 0 Å². The van der Waals surface area contributed by atoms with Gasteiger partial charge in [-0.2, -0.15) is 0 Å². The molecule has 1 atom stereocenters. The molecule has 3 rings (SSSR count). The Morgan fingerprint density at radius 1 is 1.11 bits per heavy atom. The molecule has 1 saturated carbocycles. The fourth-order valence-electron chi connectivity index (χ4n) is 3.10. The van der Waals surface area contributed by atoms with Crippen molar-refractivity contribution in [3.63, 3.8) is 0 Å². The highest BCUT2D eigenvalue weighted by Gasteiger charge is 2.36. The lowest BCUT2D eigenvalue weighted by Gasteiger charge is -2.35. The molecule has 1 aromatic rings. The smallest absolute Gasteiger partial charge is 0.0377 e. The van der Waals surface area contributed by atoms with Gasteiger partial charge in [-0.3, -0.25) is 4.90 Å². The summed E-state index contributed by atoms with van der Waals surface area (Å²) in [6, 6.07) is 7.74. The Balaban J connectivity index is 1.85. The van der Waals surface area contributed by atoms with Gasteiger partial charge in [-0.1, -0.05) is 18.2 Å². The van der Waals surface area contributed by atoms with E-state index in [0.717, 1.165) is 19.0 Å². The number of hydrogen-bond donors (Lipinski definition) is 1. The van der Waals surface area contributed by atoms with E-state index in [1.165, 1.54) is 37.1 Å². The van der Waals surface area contributed by atoms with E-state index in [-0.39, 0.29) is 0 Å². The second kappa shape index (κ2) is 5.02. The van der Waals surface area contributed by atoms with Crippen molar-refractivity contribution in [1.29, 1.82) is 0 Å². The summed E-state index contributed by atoms with van der Waals surface area (Å²) in [6.45, 7) is 9.14. The van der Waals surface area contributed by atoms with Crippen LogP contribution in [0.2, 0.25) is 0 Å². The van der Waals surface area contributed by atoms with E-state index in [0.29, 0.717) is 6.04 Å². The normalized spacial score (nSPS) is 23.0. The fraction of sp³-hybridized carbons (Fsp3) is 0.625. The monoisotopic (exact) mass is 244 g/mol. The Morgan fingerprint density at radius 3 is 2.44 bits per heavy atom. The van der Waals surface area contributed by atoms with Crippen LogP contribution in [0.4, 0.5) is 0 Å². The van der Waals surface area contributed by atoms with E-state index in [1.54, 1.807) is 5.56 Å². The van der Waals surface area contributed by atoms with E-state index in [2.05, 4.69) is 42.3 Å². The molecule has 2 aliphatic rings. The van der Waals surface area contributed by atoms with Crippen molar-refractivity contribution in [3.8, 4) is 0 Å². The summed E-state index contributed by atoms with van der Waals surface area (Å²) in [5.41, 5.74) is 4.39. The highest BCUT2D eigenvalue weighted by molar-refractivity contribution is 5.32. The van der Waals surface area contributed by atoms with Crippen LogP contribution < -0.4 is 5.32 Å². The van der Waals surface area contributed by atoms with Crippen LogP contribution in [0.15, 0.2) is 18.2 Å². The standard InChI is InChI=1S/C16H24N2/c1-12-3-4-15(11-13(12)2)16(14-5-6-14)18-9-7-17-8-10-18/h3-4,11,14,16-17H,5-10H2,1-2H3. The lowest BCUT2D eigenvalue weighted by molar-refractivity contribution is 0.156. The van der Waals surface area contributed by atoms with Gasteiger partial charge in [-0.25, -0.2) is 0 Å².